The number of carboxylic acid groups (broad SMARTS) is 1. The zero-order chi connectivity index (χ0) is 21.9. The molecular weight excluding hydrogens is 434 g/mol. The van der Waals surface area contributed by atoms with Crippen LogP contribution in [0.4, 0.5) is 4.79 Å². The van der Waals surface area contributed by atoms with Crippen LogP contribution < -0.4 is 11.1 Å². The molecule has 1 fully saturated rings. The normalized spacial score (nSPS) is 22.9. The minimum atomic E-state index is -1.65. The van der Waals surface area contributed by atoms with Crippen LogP contribution in [0.1, 0.15) is 18.2 Å². The van der Waals surface area contributed by atoms with E-state index in [0.29, 0.717) is 6.42 Å². The van der Waals surface area contributed by atoms with Crippen molar-refractivity contribution in [2.24, 2.45) is 5.73 Å². The molecule has 2 aliphatic rings. The monoisotopic (exact) mass is 455 g/mol. The minimum Gasteiger partial charge on any atom is -0.477 e. The standard InChI is InChI=1S/C18H21N3O7S2/c1-2-5-28-18(20-12(22)7-11-4-3-6-29-11)15(25)21-13(14(23)24)10(8-27-17(19)26)9-30-16(18)21/h3-4,6,16H,2,5,7-9H2,1H3,(H2,19,26)(H,20,22)(H,23,24)/t16-,18?/m0/s1. The van der Waals surface area contributed by atoms with Crippen LogP contribution in [0, 0.1) is 0 Å². The van der Waals surface area contributed by atoms with Crippen molar-refractivity contribution in [2.45, 2.75) is 30.9 Å². The second kappa shape index (κ2) is 9.06. The van der Waals surface area contributed by atoms with E-state index >= 15 is 0 Å². The van der Waals surface area contributed by atoms with Crippen molar-refractivity contribution in [3.63, 3.8) is 0 Å². The number of thiophene rings is 1. The fraction of sp³-hybridized carbons (Fsp3) is 0.444. The number of nitrogens with one attached hydrogen (secondary N) is 1. The Morgan fingerprint density at radius 2 is 2.20 bits per heavy atom. The Balaban J connectivity index is 1.85. The highest BCUT2D eigenvalue weighted by Crippen LogP contribution is 2.47. The van der Waals surface area contributed by atoms with E-state index in [9.17, 15) is 24.3 Å². The maximum Gasteiger partial charge on any atom is 0.404 e. The van der Waals surface area contributed by atoms with Crippen molar-refractivity contribution in [1.82, 2.24) is 10.2 Å². The highest BCUT2D eigenvalue weighted by atomic mass is 32.2. The van der Waals surface area contributed by atoms with Gasteiger partial charge < -0.3 is 25.6 Å². The Kier molecular flexibility index (Phi) is 6.68. The van der Waals surface area contributed by atoms with Crippen LogP contribution >= 0.6 is 23.1 Å². The van der Waals surface area contributed by atoms with E-state index in [2.05, 4.69) is 5.32 Å². The number of carbonyl (C=O) groups excluding carboxylic acids is 3. The van der Waals surface area contributed by atoms with E-state index in [1.54, 1.807) is 0 Å². The summed E-state index contributed by atoms with van der Waals surface area (Å²) >= 11 is 2.64. The van der Waals surface area contributed by atoms with Crippen LogP contribution in [0.3, 0.4) is 0 Å². The summed E-state index contributed by atoms with van der Waals surface area (Å²) in [4.78, 5) is 50.3. The largest absolute Gasteiger partial charge is 0.477 e. The van der Waals surface area contributed by atoms with Gasteiger partial charge in [-0.2, -0.15) is 0 Å². The Labute approximate surface area is 180 Å². The van der Waals surface area contributed by atoms with Gasteiger partial charge in [0.2, 0.25) is 5.91 Å². The molecule has 2 atom stereocenters. The highest BCUT2D eigenvalue weighted by molar-refractivity contribution is 8.00. The number of aliphatic carboxylic acids is 1. The molecule has 1 aromatic rings. The summed E-state index contributed by atoms with van der Waals surface area (Å²) in [5.74, 6) is -2.25. The number of hydrogen-bond acceptors (Lipinski definition) is 8. The fourth-order valence-corrected chi connectivity index (χ4v) is 5.32. The second-order valence-electron chi connectivity index (χ2n) is 6.59. The summed E-state index contributed by atoms with van der Waals surface area (Å²) in [7, 11) is 0. The first-order chi connectivity index (χ1) is 14.3. The van der Waals surface area contributed by atoms with E-state index in [-0.39, 0.29) is 36.7 Å². The van der Waals surface area contributed by atoms with Gasteiger partial charge >= 0.3 is 12.1 Å². The SMILES string of the molecule is CCCOC1(NC(=O)Cc2cccs2)C(=O)N2C(C(=O)O)=C(COC(N)=O)CS[C@H]21. The smallest absolute Gasteiger partial charge is 0.404 e. The van der Waals surface area contributed by atoms with E-state index < -0.39 is 35.0 Å². The molecule has 0 radical (unpaired) electrons. The lowest BCUT2D eigenvalue weighted by atomic mass is 9.97. The summed E-state index contributed by atoms with van der Waals surface area (Å²) in [5.41, 5.74) is 3.27. The molecular formula is C18H21N3O7S2. The molecule has 0 bridgehead atoms. The molecule has 12 heteroatoms. The Bertz CT molecular complexity index is 886. The quantitative estimate of drug-likeness (QED) is 0.367. The maximum atomic E-state index is 13.1. The lowest BCUT2D eigenvalue weighted by molar-refractivity contribution is -0.198. The third kappa shape index (κ3) is 4.16. The van der Waals surface area contributed by atoms with Crippen molar-refractivity contribution < 1.29 is 33.8 Å². The number of thioether (sulfide) groups is 1. The van der Waals surface area contributed by atoms with E-state index in [0.717, 1.165) is 9.78 Å². The number of rotatable bonds is 9. The summed E-state index contributed by atoms with van der Waals surface area (Å²) in [6.45, 7) is 1.73. The zero-order valence-corrected chi connectivity index (χ0v) is 17.7. The lowest BCUT2D eigenvalue weighted by Gasteiger charge is -2.56. The molecule has 1 saturated heterocycles. The molecule has 1 unspecified atom stereocenters. The fourth-order valence-electron chi connectivity index (χ4n) is 3.23. The summed E-state index contributed by atoms with van der Waals surface area (Å²) < 4.78 is 10.5. The summed E-state index contributed by atoms with van der Waals surface area (Å²) in [6.07, 6.45) is -0.360. The van der Waals surface area contributed by atoms with Gasteiger partial charge in [-0.1, -0.05) is 13.0 Å². The van der Waals surface area contributed by atoms with Crippen LogP contribution in [0.2, 0.25) is 0 Å². The molecule has 30 heavy (non-hydrogen) atoms. The number of hydrogen-bond donors (Lipinski definition) is 3. The van der Waals surface area contributed by atoms with Crippen molar-refractivity contribution >= 4 is 47.0 Å². The number of primary amides is 1. The third-order valence-corrected chi connectivity index (χ3v) is 6.73. The van der Waals surface area contributed by atoms with Gasteiger partial charge in [-0.15, -0.1) is 23.1 Å². The molecule has 0 aliphatic carbocycles. The van der Waals surface area contributed by atoms with Crippen LogP contribution in [0.25, 0.3) is 0 Å². The number of carbonyl (C=O) groups is 4. The molecule has 0 aromatic carbocycles. The average Bonchev–Trinajstić information content (AvgIpc) is 3.21. The van der Waals surface area contributed by atoms with E-state index in [1.807, 2.05) is 24.4 Å². The Morgan fingerprint density at radius 1 is 1.43 bits per heavy atom. The second-order valence-corrected chi connectivity index (χ2v) is 8.69. The Morgan fingerprint density at radius 3 is 2.80 bits per heavy atom. The van der Waals surface area contributed by atoms with Gasteiger partial charge in [0.05, 0.1) is 6.42 Å². The number of nitrogens with two attached hydrogens (primary N) is 1. The number of carboxylic acids is 1. The molecule has 1 aromatic heterocycles. The predicted octanol–water partition coefficient (Wildman–Crippen LogP) is 0.879. The lowest BCUT2D eigenvalue weighted by Crippen LogP contribution is -2.81. The molecule has 4 N–H and O–H groups in total. The first kappa shape index (κ1) is 22.1. The van der Waals surface area contributed by atoms with Crippen LogP contribution in [0.5, 0.6) is 0 Å². The molecule has 162 valence electrons. The first-order valence-electron chi connectivity index (χ1n) is 9.10. The van der Waals surface area contributed by atoms with Crippen LogP contribution in [-0.4, -0.2) is 63.9 Å². The molecule has 3 rings (SSSR count). The molecule has 10 nitrogen and oxygen atoms in total. The van der Waals surface area contributed by atoms with Crippen molar-refractivity contribution in [1.29, 1.82) is 0 Å². The molecule has 2 aliphatic heterocycles. The van der Waals surface area contributed by atoms with Crippen molar-refractivity contribution in [2.75, 3.05) is 19.0 Å². The van der Waals surface area contributed by atoms with Crippen molar-refractivity contribution in [3.8, 4) is 0 Å². The number of fused-ring (bicyclic) bond motifs is 1. The zero-order valence-electron chi connectivity index (χ0n) is 16.1. The number of β-lactam (4-membered cyclic amide) rings is 1. The predicted molar refractivity (Wildman–Crippen MR) is 108 cm³/mol. The highest BCUT2D eigenvalue weighted by Gasteiger charge is 2.67. The molecule has 0 saturated carbocycles. The van der Waals surface area contributed by atoms with Crippen LogP contribution in [0.15, 0.2) is 28.8 Å². The van der Waals surface area contributed by atoms with Gasteiger partial charge in [-0.3, -0.25) is 14.5 Å². The number of amides is 3. The number of ether oxygens (including phenoxy) is 2. The van der Waals surface area contributed by atoms with Gasteiger partial charge in [-0.25, -0.2) is 9.59 Å². The van der Waals surface area contributed by atoms with E-state index in [4.69, 9.17) is 15.2 Å². The molecule has 0 spiro atoms. The van der Waals surface area contributed by atoms with Gasteiger partial charge in [0.15, 0.2) is 0 Å². The third-order valence-electron chi connectivity index (χ3n) is 4.48. The maximum absolute atomic E-state index is 13.1. The van der Waals surface area contributed by atoms with E-state index in [1.165, 1.54) is 23.1 Å². The first-order valence-corrected chi connectivity index (χ1v) is 11.0. The van der Waals surface area contributed by atoms with Gasteiger partial charge in [0.25, 0.3) is 11.6 Å². The summed E-state index contributed by atoms with van der Waals surface area (Å²) in [5, 5.41) is 13.4. The minimum absolute atomic E-state index is 0.0822. The molecule has 3 heterocycles. The van der Waals surface area contributed by atoms with Gasteiger partial charge in [0, 0.05) is 22.8 Å². The van der Waals surface area contributed by atoms with Gasteiger partial charge in [-0.05, 0) is 17.9 Å². The van der Waals surface area contributed by atoms with Crippen LogP contribution in [-0.2, 0) is 30.3 Å². The summed E-state index contributed by atoms with van der Waals surface area (Å²) in [6, 6.07) is 3.63. The van der Waals surface area contributed by atoms with Gasteiger partial charge in [0.1, 0.15) is 17.7 Å². The number of nitrogens with zero attached hydrogens (tertiary/aromatic N) is 1. The topological polar surface area (TPSA) is 148 Å². The van der Waals surface area contributed by atoms with Crippen molar-refractivity contribution in [3.05, 3.63) is 33.7 Å². The average molecular weight is 456 g/mol. The Hall–Kier alpha value is -2.57. The molecule has 3 amide bonds.